The van der Waals surface area contributed by atoms with Crippen LogP contribution in [0.2, 0.25) is 5.02 Å². The SMILES string of the molecule is Nc1cnc(N2CCOC3CCCC32)c(Cl)c1. The highest BCUT2D eigenvalue weighted by molar-refractivity contribution is 6.33. The standard InChI is InChI=1S/C12H16ClN3O/c13-9-6-8(14)7-15-12(9)16-4-5-17-11-3-1-2-10(11)16/h6-7,10-11H,1-5,14H2. The average Bonchev–Trinajstić information content (AvgIpc) is 2.77. The van der Waals surface area contributed by atoms with Gasteiger partial charge in [0.2, 0.25) is 0 Å². The molecule has 0 amide bonds. The summed E-state index contributed by atoms with van der Waals surface area (Å²) in [5.74, 6) is 0.848. The summed E-state index contributed by atoms with van der Waals surface area (Å²) in [6.07, 6.45) is 5.54. The molecule has 1 aliphatic heterocycles. The molecule has 0 bridgehead atoms. The van der Waals surface area contributed by atoms with Crippen molar-refractivity contribution >= 4 is 23.1 Å². The molecule has 0 spiro atoms. The van der Waals surface area contributed by atoms with Crippen molar-refractivity contribution in [1.29, 1.82) is 0 Å². The lowest BCUT2D eigenvalue weighted by Crippen LogP contribution is -2.49. The van der Waals surface area contributed by atoms with Crippen LogP contribution in [0.25, 0.3) is 0 Å². The Kier molecular flexibility index (Phi) is 2.84. The number of aromatic nitrogens is 1. The van der Waals surface area contributed by atoms with Crippen LogP contribution in [0.4, 0.5) is 11.5 Å². The van der Waals surface area contributed by atoms with E-state index in [0.717, 1.165) is 31.8 Å². The fraction of sp³-hybridized carbons (Fsp3) is 0.583. The molecule has 1 saturated heterocycles. The Morgan fingerprint density at radius 3 is 3.18 bits per heavy atom. The maximum atomic E-state index is 6.23. The van der Waals surface area contributed by atoms with Crippen molar-refractivity contribution in [2.45, 2.75) is 31.4 Å². The van der Waals surface area contributed by atoms with Gasteiger partial charge in [-0.2, -0.15) is 0 Å². The van der Waals surface area contributed by atoms with E-state index in [0.29, 0.717) is 22.9 Å². The van der Waals surface area contributed by atoms with Crippen LogP contribution in [0, 0.1) is 0 Å². The summed E-state index contributed by atoms with van der Waals surface area (Å²) in [6, 6.07) is 2.20. The van der Waals surface area contributed by atoms with Crippen LogP contribution in [-0.2, 0) is 4.74 Å². The zero-order valence-electron chi connectivity index (χ0n) is 9.60. The third-order valence-corrected chi connectivity index (χ3v) is 3.88. The largest absolute Gasteiger partial charge is 0.397 e. The molecule has 4 nitrogen and oxygen atoms in total. The Bertz CT molecular complexity index is 426. The van der Waals surface area contributed by atoms with Gasteiger partial charge in [0.1, 0.15) is 5.82 Å². The molecule has 2 atom stereocenters. The number of hydrogen-bond donors (Lipinski definition) is 1. The third kappa shape index (κ3) is 1.96. The fourth-order valence-corrected chi connectivity index (χ4v) is 3.13. The maximum absolute atomic E-state index is 6.23. The second kappa shape index (κ2) is 4.35. The van der Waals surface area contributed by atoms with Crippen molar-refractivity contribution in [3.8, 4) is 0 Å². The van der Waals surface area contributed by atoms with Gasteiger partial charge in [-0.15, -0.1) is 0 Å². The number of anilines is 2. The number of fused-ring (bicyclic) bond motifs is 1. The molecule has 2 aliphatic rings. The Morgan fingerprint density at radius 1 is 1.47 bits per heavy atom. The average molecular weight is 254 g/mol. The number of halogens is 1. The number of pyridine rings is 1. The zero-order chi connectivity index (χ0) is 11.8. The molecule has 17 heavy (non-hydrogen) atoms. The van der Waals surface area contributed by atoms with Crippen molar-refractivity contribution in [1.82, 2.24) is 4.98 Å². The number of morpholine rings is 1. The fourth-order valence-electron chi connectivity index (χ4n) is 2.85. The second-order valence-corrected chi connectivity index (χ2v) is 5.08. The molecule has 2 fully saturated rings. The Balaban J connectivity index is 1.91. The number of nitrogens with zero attached hydrogens (tertiary/aromatic N) is 2. The molecule has 2 N–H and O–H groups in total. The number of nitrogens with two attached hydrogens (primary N) is 1. The Labute approximate surface area is 106 Å². The molecule has 1 aromatic heterocycles. The van der Waals surface area contributed by atoms with E-state index >= 15 is 0 Å². The summed E-state index contributed by atoms with van der Waals surface area (Å²) >= 11 is 6.23. The van der Waals surface area contributed by atoms with E-state index in [2.05, 4.69) is 9.88 Å². The lowest BCUT2D eigenvalue weighted by molar-refractivity contribution is 0.0253. The van der Waals surface area contributed by atoms with E-state index in [9.17, 15) is 0 Å². The highest BCUT2D eigenvalue weighted by Crippen LogP contribution is 2.35. The van der Waals surface area contributed by atoms with Crippen LogP contribution in [0.1, 0.15) is 19.3 Å². The summed E-state index contributed by atoms with van der Waals surface area (Å²) in [4.78, 5) is 6.66. The van der Waals surface area contributed by atoms with Gasteiger partial charge in [-0.3, -0.25) is 0 Å². The Morgan fingerprint density at radius 2 is 2.35 bits per heavy atom. The molecular formula is C12H16ClN3O. The normalized spacial score (nSPS) is 28.2. The highest BCUT2D eigenvalue weighted by atomic mass is 35.5. The van der Waals surface area contributed by atoms with Crippen molar-refractivity contribution in [3.63, 3.8) is 0 Å². The van der Waals surface area contributed by atoms with Gasteiger partial charge in [-0.05, 0) is 25.3 Å². The number of rotatable bonds is 1. The Hall–Kier alpha value is -1.00. The maximum Gasteiger partial charge on any atom is 0.147 e. The van der Waals surface area contributed by atoms with Gasteiger partial charge in [-0.25, -0.2) is 4.98 Å². The number of ether oxygens (including phenoxy) is 1. The first-order valence-electron chi connectivity index (χ1n) is 6.05. The lowest BCUT2D eigenvalue weighted by atomic mass is 10.1. The van der Waals surface area contributed by atoms with Gasteiger partial charge >= 0.3 is 0 Å². The van der Waals surface area contributed by atoms with Gasteiger partial charge in [-0.1, -0.05) is 11.6 Å². The summed E-state index contributed by atoms with van der Waals surface area (Å²) in [5.41, 5.74) is 6.28. The minimum Gasteiger partial charge on any atom is -0.397 e. The quantitative estimate of drug-likeness (QED) is 0.833. The number of nitrogen functional groups attached to an aromatic ring is 1. The smallest absolute Gasteiger partial charge is 0.147 e. The van der Waals surface area contributed by atoms with Crippen LogP contribution in [-0.4, -0.2) is 30.3 Å². The predicted molar refractivity (Wildman–Crippen MR) is 68.4 cm³/mol. The summed E-state index contributed by atoms with van der Waals surface area (Å²) < 4.78 is 5.78. The topological polar surface area (TPSA) is 51.4 Å². The van der Waals surface area contributed by atoms with E-state index in [1.807, 2.05) is 0 Å². The van der Waals surface area contributed by atoms with Crippen molar-refractivity contribution in [2.24, 2.45) is 0 Å². The predicted octanol–water partition coefficient (Wildman–Crippen LogP) is 2.07. The monoisotopic (exact) mass is 253 g/mol. The first-order chi connectivity index (χ1) is 8.25. The van der Waals surface area contributed by atoms with Gasteiger partial charge in [0.05, 0.1) is 35.7 Å². The van der Waals surface area contributed by atoms with Crippen LogP contribution in [0.3, 0.4) is 0 Å². The molecule has 1 saturated carbocycles. The van der Waals surface area contributed by atoms with Crippen LogP contribution in [0.5, 0.6) is 0 Å². The molecule has 5 heteroatoms. The van der Waals surface area contributed by atoms with E-state index in [1.54, 1.807) is 12.3 Å². The highest BCUT2D eigenvalue weighted by Gasteiger charge is 2.37. The van der Waals surface area contributed by atoms with Gasteiger partial charge < -0.3 is 15.4 Å². The van der Waals surface area contributed by atoms with Crippen LogP contribution >= 0.6 is 11.6 Å². The first-order valence-corrected chi connectivity index (χ1v) is 6.43. The van der Waals surface area contributed by atoms with Crippen molar-refractivity contribution < 1.29 is 4.74 Å². The van der Waals surface area contributed by atoms with E-state index in [1.165, 1.54) is 6.42 Å². The summed E-state index contributed by atoms with van der Waals surface area (Å²) in [7, 11) is 0. The number of hydrogen-bond acceptors (Lipinski definition) is 4. The second-order valence-electron chi connectivity index (χ2n) is 4.67. The summed E-state index contributed by atoms with van der Waals surface area (Å²) in [5, 5.41) is 0.637. The van der Waals surface area contributed by atoms with Gasteiger partial charge in [0.15, 0.2) is 0 Å². The molecule has 2 heterocycles. The molecule has 3 rings (SSSR count). The first kappa shape index (κ1) is 11.1. The van der Waals surface area contributed by atoms with E-state index in [4.69, 9.17) is 22.1 Å². The minimum atomic E-state index is 0.346. The molecule has 0 radical (unpaired) electrons. The summed E-state index contributed by atoms with van der Waals surface area (Å²) in [6.45, 7) is 1.61. The van der Waals surface area contributed by atoms with E-state index < -0.39 is 0 Å². The van der Waals surface area contributed by atoms with Gasteiger partial charge in [0, 0.05) is 6.54 Å². The van der Waals surface area contributed by atoms with E-state index in [-0.39, 0.29) is 0 Å². The minimum absolute atomic E-state index is 0.346. The molecule has 1 aliphatic carbocycles. The lowest BCUT2D eigenvalue weighted by Gasteiger charge is -2.38. The third-order valence-electron chi connectivity index (χ3n) is 3.60. The molecule has 2 unspecified atom stereocenters. The van der Waals surface area contributed by atoms with Crippen LogP contribution < -0.4 is 10.6 Å². The van der Waals surface area contributed by atoms with Crippen LogP contribution in [0.15, 0.2) is 12.3 Å². The molecular weight excluding hydrogens is 238 g/mol. The molecule has 92 valence electrons. The zero-order valence-corrected chi connectivity index (χ0v) is 10.4. The molecule has 1 aromatic rings. The van der Waals surface area contributed by atoms with Crippen molar-refractivity contribution in [2.75, 3.05) is 23.8 Å². The van der Waals surface area contributed by atoms with Crippen molar-refractivity contribution in [3.05, 3.63) is 17.3 Å². The molecule has 0 aromatic carbocycles. The van der Waals surface area contributed by atoms with Gasteiger partial charge in [0.25, 0.3) is 0 Å².